The van der Waals surface area contributed by atoms with Gasteiger partial charge in [-0.2, -0.15) is 0 Å². The van der Waals surface area contributed by atoms with Crippen molar-refractivity contribution in [2.75, 3.05) is 26.2 Å². The van der Waals surface area contributed by atoms with Crippen LogP contribution in [0, 0.1) is 0 Å². The van der Waals surface area contributed by atoms with E-state index in [2.05, 4.69) is 0 Å². The largest absolute Gasteiger partial charge is 0.339 e. The molecule has 0 spiro atoms. The van der Waals surface area contributed by atoms with Crippen LogP contribution in [0.1, 0.15) is 34.6 Å². The number of carbonyl (C=O) groups is 5. The maximum atomic E-state index is 11.6. The summed E-state index contributed by atoms with van der Waals surface area (Å²) in [6, 6.07) is 0. The van der Waals surface area contributed by atoms with E-state index < -0.39 is 23.6 Å². The molecule has 0 aliphatic carbocycles. The van der Waals surface area contributed by atoms with Crippen LogP contribution in [0.25, 0.3) is 0 Å². The third-order valence-corrected chi connectivity index (χ3v) is 3.15. The average Bonchev–Trinajstić information content (AvgIpc) is 2.34. The third-order valence-electron chi connectivity index (χ3n) is 3.15. The minimum absolute atomic E-state index is 0.0738. The Morgan fingerprint density at radius 1 is 0.500 bits per heavy atom. The van der Waals surface area contributed by atoms with Crippen LogP contribution in [-0.4, -0.2) is 70.4 Å². The lowest BCUT2D eigenvalue weighted by atomic mass is 10.3. The molecule has 0 aliphatic heterocycles. The van der Waals surface area contributed by atoms with Crippen LogP contribution in [-0.2, 0) is 24.0 Å². The van der Waals surface area contributed by atoms with Crippen LogP contribution in [0.5, 0.6) is 0 Å². The van der Waals surface area contributed by atoms with Gasteiger partial charge in [0.05, 0.1) is 0 Å². The zero-order chi connectivity index (χ0) is 17.4. The van der Waals surface area contributed by atoms with Gasteiger partial charge in [-0.1, -0.05) is 0 Å². The Hall–Kier alpha value is -2.25. The molecule has 0 aromatic heterocycles. The quantitative estimate of drug-likeness (QED) is 0.666. The Morgan fingerprint density at radius 3 is 0.955 bits per heavy atom. The fraction of sp³-hybridized carbons (Fsp3) is 0.643. The number of nitrogens with zero attached hydrogens (tertiary/aromatic N) is 3. The van der Waals surface area contributed by atoms with Gasteiger partial charge in [-0.15, -0.1) is 0 Å². The van der Waals surface area contributed by atoms with Crippen molar-refractivity contribution in [1.82, 2.24) is 14.7 Å². The van der Waals surface area contributed by atoms with Gasteiger partial charge in [-0.3, -0.25) is 33.8 Å². The lowest BCUT2D eigenvalue weighted by molar-refractivity contribution is -0.143. The monoisotopic (exact) mass is 313 g/mol. The van der Waals surface area contributed by atoms with E-state index in [1.54, 1.807) is 0 Å². The highest BCUT2D eigenvalue weighted by Gasteiger charge is 2.19. The fourth-order valence-corrected chi connectivity index (χ4v) is 1.94. The minimum atomic E-state index is -0.398. The molecule has 0 aromatic rings. The molecule has 5 amide bonds. The van der Waals surface area contributed by atoms with Crippen LogP contribution in [0.3, 0.4) is 0 Å². The SMILES string of the molecule is CC(=O)N(CCN(C(C)=O)C(C)=O)CCN(C(C)=O)C(C)=O. The number of hydrogen-bond donors (Lipinski definition) is 0. The Balaban J connectivity index is 4.71. The first-order valence-corrected chi connectivity index (χ1v) is 6.90. The highest BCUT2D eigenvalue weighted by atomic mass is 16.2. The summed E-state index contributed by atoms with van der Waals surface area (Å²) in [5, 5.41) is 0. The zero-order valence-electron chi connectivity index (χ0n) is 13.7. The number of hydrogen-bond acceptors (Lipinski definition) is 5. The maximum absolute atomic E-state index is 11.6. The molecule has 0 heterocycles. The molecule has 0 aromatic carbocycles. The number of rotatable bonds is 6. The van der Waals surface area contributed by atoms with Crippen molar-refractivity contribution < 1.29 is 24.0 Å². The second kappa shape index (κ2) is 8.91. The Kier molecular flexibility index (Phi) is 8.00. The number of carbonyl (C=O) groups excluding carboxylic acids is 5. The Morgan fingerprint density at radius 2 is 0.773 bits per heavy atom. The lowest BCUT2D eigenvalue weighted by Gasteiger charge is -2.27. The smallest absolute Gasteiger partial charge is 0.226 e. The van der Waals surface area contributed by atoms with Crippen molar-refractivity contribution in [1.29, 1.82) is 0 Å². The molecule has 8 nitrogen and oxygen atoms in total. The highest BCUT2D eigenvalue weighted by Crippen LogP contribution is 1.98. The number of amides is 5. The topological polar surface area (TPSA) is 95.1 Å². The molecule has 0 fully saturated rings. The molecule has 0 rings (SSSR count). The van der Waals surface area contributed by atoms with E-state index in [0.29, 0.717) is 0 Å². The van der Waals surface area contributed by atoms with Gasteiger partial charge in [0.2, 0.25) is 29.5 Å². The first-order valence-electron chi connectivity index (χ1n) is 6.90. The van der Waals surface area contributed by atoms with Crippen LogP contribution >= 0.6 is 0 Å². The predicted molar refractivity (Wildman–Crippen MR) is 78.4 cm³/mol. The van der Waals surface area contributed by atoms with Crippen LogP contribution in [0.4, 0.5) is 0 Å². The van der Waals surface area contributed by atoms with Gasteiger partial charge in [0.25, 0.3) is 0 Å². The molecule has 124 valence electrons. The second-order valence-corrected chi connectivity index (χ2v) is 4.89. The van der Waals surface area contributed by atoms with Gasteiger partial charge >= 0.3 is 0 Å². The van der Waals surface area contributed by atoms with Crippen molar-refractivity contribution in [3.05, 3.63) is 0 Å². The highest BCUT2D eigenvalue weighted by molar-refractivity contribution is 5.93. The summed E-state index contributed by atoms with van der Waals surface area (Å²) in [4.78, 5) is 60.3. The lowest BCUT2D eigenvalue weighted by Crippen LogP contribution is -2.45. The van der Waals surface area contributed by atoms with Crippen molar-refractivity contribution in [3.8, 4) is 0 Å². The maximum Gasteiger partial charge on any atom is 0.226 e. The summed E-state index contributed by atoms with van der Waals surface area (Å²) in [5.74, 6) is -1.86. The van der Waals surface area contributed by atoms with Crippen LogP contribution in [0.2, 0.25) is 0 Å². The molecule has 8 heteroatoms. The molecule has 0 unspecified atom stereocenters. The Labute approximate surface area is 130 Å². The summed E-state index contributed by atoms with van der Waals surface area (Å²) in [6.07, 6.45) is 0. The van der Waals surface area contributed by atoms with E-state index in [1.165, 1.54) is 39.5 Å². The summed E-state index contributed by atoms with van der Waals surface area (Å²) in [6.45, 7) is 6.88. The van der Waals surface area contributed by atoms with Gasteiger partial charge in [0, 0.05) is 60.8 Å². The molecule has 0 radical (unpaired) electrons. The van der Waals surface area contributed by atoms with Gasteiger partial charge in [-0.05, 0) is 0 Å². The van der Waals surface area contributed by atoms with Gasteiger partial charge in [0.1, 0.15) is 0 Å². The minimum Gasteiger partial charge on any atom is -0.339 e. The van der Waals surface area contributed by atoms with Crippen molar-refractivity contribution in [2.45, 2.75) is 34.6 Å². The zero-order valence-corrected chi connectivity index (χ0v) is 13.7. The van der Waals surface area contributed by atoms with Crippen molar-refractivity contribution in [2.24, 2.45) is 0 Å². The van der Waals surface area contributed by atoms with E-state index in [0.717, 1.165) is 9.80 Å². The fourth-order valence-electron chi connectivity index (χ4n) is 1.94. The predicted octanol–water partition coefficient (Wildman–Crippen LogP) is -0.375. The standard InChI is InChI=1S/C14H23N3O5/c1-10(18)15(6-8-16(11(2)19)12(3)20)7-9-17(13(4)21)14(5)22/h6-9H2,1-5H3. The molecular weight excluding hydrogens is 290 g/mol. The van der Waals surface area contributed by atoms with Gasteiger partial charge < -0.3 is 4.90 Å². The molecule has 0 saturated heterocycles. The first kappa shape index (κ1) is 19.8. The van der Waals surface area contributed by atoms with E-state index in [9.17, 15) is 24.0 Å². The van der Waals surface area contributed by atoms with Crippen molar-refractivity contribution in [3.63, 3.8) is 0 Å². The van der Waals surface area contributed by atoms with Gasteiger partial charge in [0.15, 0.2) is 0 Å². The summed E-state index contributed by atoms with van der Waals surface area (Å²) >= 11 is 0. The van der Waals surface area contributed by atoms with Crippen molar-refractivity contribution >= 4 is 29.5 Å². The summed E-state index contributed by atoms with van der Waals surface area (Å²) < 4.78 is 0. The van der Waals surface area contributed by atoms with Crippen LogP contribution < -0.4 is 0 Å². The summed E-state index contributed by atoms with van der Waals surface area (Å²) in [5.41, 5.74) is 0. The molecule has 0 aliphatic rings. The number of imide groups is 2. The summed E-state index contributed by atoms with van der Waals surface area (Å²) in [7, 11) is 0. The first-order chi connectivity index (χ1) is 10.1. The van der Waals surface area contributed by atoms with E-state index in [-0.39, 0.29) is 32.1 Å². The average molecular weight is 313 g/mol. The molecule has 22 heavy (non-hydrogen) atoms. The molecule has 0 saturated carbocycles. The molecular formula is C14H23N3O5. The Bertz CT molecular complexity index is 411. The molecule has 0 atom stereocenters. The van der Waals surface area contributed by atoms with E-state index in [1.807, 2.05) is 0 Å². The molecule has 0 bridgehead atoms. The van der Waals surface area contributed by atoms with Crippen LogP contribution in [0.15, 0.2) is 0 Å². The van der Waals surface area contributed by atoms with E-state index >= 15 is 0 Å². The third kappa shape index (κ3) is 6.47. The molecule has 0 N–H and O–H groups in total. The normalized spacial score (nSPS) is 9.86. The van der Waals surface area contributed by atoms with E-state index in [4.69, 9.17) is 0 Å². The second-order valence-electron chi connectivity index (χ2n) is 4.89. The van der Waals surface area contributed by atoms with Gasteiger partial charge in [-0.25, -0.2) is 0 Å².